The van der Waals surface area contributed by atoms with Gasteiger partial charge >= 0.3 is 0 Å². The van der Waals surface area contributed by atoms with E-state index in [9.17, 15) is 23.4 Å². The minimum atomic E-state index is -3.94. The lowest BCUT2D eigenvalue weighted by Gasteiger charge is -2.42. The Balaban J connectivity index is 1.52. The summed E-state index contributed by atoms with van der Waals surface area (Å²) < 4.78 is 34.0. The van der Waals surface area contributed by atoms with Crippen LogP contribution in [0, 0.1) is 17.8 Å². The molecule has 0 radical (unpaired) electrons. The van der Waals surface area contributed by atoms with Gasteiger partial charge in [-0.1, -0.05) is 29.8 Å². The third-order valence-electron chi connectivity index (χ3n) is 8.43. The number of carbonyl (C=O) groups is 1. The van der Waals surface area contributed by atoms with Crippen molar-refractivity contribution in [2.24, 2.45) is 17.8 Å². The molecule has 10 heteroatoms. The number of benzene rings is 2. The van der Waals surface area contributed by atoms with Crippen molar-refractivity contribution in [2.45, 2.75) is 51.2 Å². The molecule has 0 spiro atoms. The molecule has 2 aliphatic heterocycles. The minimum absolute atomic E-state index is 0.0626. The molecular weight excluding hydrogens is 552 g/mol. The van der Waals surface area contributed by atoms with E-state index in [0.717, 1.165) is 55.5 Å². The van der Waals surface area contributed by atoms with E-state index in [-0.39, 0.29) is 36.2 Å². The molecule has 2 aromatic carbocycles. The van der Waals surface area contributed by atoms with Crippen molar-refractivity contribution in [3.63, 3.8) is 0 Å². The SMILES string of the molecule is O=C1NS(=O)(=O)CC[C@H](CO)/C=C/[C@H](O)[C@@H]2CC[C@H]2CN2CCCCc3cc(Cl)ccc3COc3ccc1cc32. The summed E-state index contributed by atoms with van der Waals surface area (Å²) in [6, 6.07) is 10.9. The fraction of sp³-hybridized carbons (Fsp3) is 0.500. The molecule has 216 valence electrons. The van der Waals surface area contributed by atoms with Crippen LogP contribution in [0.3, 0.4) is 0 Å². The predicted octanol–water partition coefficient (Wildman–Crippen LogP) is 4.08. The number of ether oxygens (including phenoxy) is 1. The Morgan fingerprint density at radius 3 is 2.67 bits per heavy atom. The van der Waals surface area contributed by atoms with Gasteiger partial charge in [-0.05, 0) is 91.8 Å². The monoisotopic (exact) mass is 588 g/mol. The number of fused-ring (bicyclic) bond motifs is 3. The number of aryl methyl sites for hydroxylation is 1. The topological polar surface area (TPSA) is 116 Å². The number of sulfonamides is 1. The zero-order valence-electron chi connectivity index (χ0n) is 22.5. The molecule has 3 aliphatic rings. The highest BCUT2D eigenvalue weighted by Crippen LogP contribution is 2.41. The van der Waals surface area contributed by atoms with Crippen LogP contribution in [-0.4, -0.2) is 56.1 Å². The smallest absolute Gasteiger partial charge is 0.264 e. The molecule has 1 aliphatic carbocycles. The van der Waals surface area contributed by atoms with Gasteiger partial charge in [-0.2, -0.15) is 0 Å². The highest BCUT2D eigenvalue weighted by atomic mass is 35.5. The third kappa shape index (κ3) is 6.82. The van der Waals surface area contributed by atoms with Crippen molar-refractivity contribution in [3.05, 3.63) is 70.3 Å². The number of nitrogens with one attached hydrogen (secondary N) is 1. The first-order chi connectivity index (χ1) is 19.2. The van der Waals surface area contributed by atoms with Crippen molar-refractivity contribution in [1.82, 2.24) is 4.72 Å². The molecular formula is C30H37ClN2O6S. The molecule has 1 saturated carbocycles. The predicted molar refractivity (Wildman–Crippen MR) is 155 cm³/mol. The molecule has 40 heavy (non-hydrogen) atoms. The van der Waals surface area contributed by atoms with E-state index in [1.54, 1.807) is 30.4 Å². The van der Waals surface area contributed by atoms with E-state index in [4.69, 9.17) is 16.3 Å². The molecule has 2 heterocycles. The number of aliphatic hydroxyl groups is 2. The van der Waals surface area contributed by atoms with E-state index in [1.807, 2.05) is 18.2 Å². The number of hydrogen-bond donors (Lipinski definition) is 3. The Hall–Kier alpha value is -2.59. The van der Waals surface area contributed by atoms with Gasteiger partial charge in [0.15, 0.2) is 0 Å². The summed E-state index contributed by atoms with van der Waals surface area (Å²) in [6.45, 7) is 1.50. The van der Waals surface area contributed by atoms with Gasteiger partial charge in [-0.15, -0.1) is 0 Å². The van der Waals surface area contributed by atoms with Crippen molar-refractivity contribution in [2.75, 3.05) is 30.3 Å². The van der Waals surface area contributed by atoms with Crippen LogP contribution < -0.4 is 14.4 Å². The van der Waals surface area contributed by atoms with Crippen LogP contribution in [-0.2, 0) is 23.1 Å². The van der Waals surface area contributed by atoms with Gasteiger partial charge in [0.2, 0.25) is 10.0 Å². The summed E-state index contributed by atoms with van der Waals surface area (Å²) >= 11 is 6.28. The fourth-order valence-electron chi connectivity index (χ4n) is 5.85. The van der Waals surface area contributed by atoms with Gasteiger partial charge in [0, 0.05) is 36.2 Å². The number of hydrogen-bond acceptors (Lipinski definition) is 7. The molecule has 3 N–H and O–H groups in total. The Bertz CT molecular complexity index is 1360. The van der Waals surface area contributed by atoms with Crippen LogP contribution in [0.5, 0.6) is 5.75 Å². The van der Waals surface area contributed by atoms with Gasteiger partial charge in [-0.25, -0.2) is 13.1 Å². The normalized spacial score (nSPS) is 28.0. The maximum Gasteiger partial charge on any atom is 0.264 e. The first kappa shape index (κ1) is 28.9. The minimum Gasteiger partial charge on any atom is -0.487 e. The summed E-state index contributed by atoms with van der Waals surface area (Å²) in [7, 11) is -3.94. The van der Waals surface area contributed by atoms with Crippen LogP contribution in [0.15, 0.2) is 48.6 Å². The Morgan fingerprint density at radius 2 is 1.90 bits per heavy atom. The van der Waals surface area contributed by atoms with Crippen LogP contribution in [0.1, 0.15) is 53.6 Å². The van der Waals surface area contributed by atoms with Crippen LogP contribution in [0.4, 0.5) is 5.69 Å². The summed E-state index contributed by atoms with van der Waals surface area (Å²) in [6.07, 6.45) is 7.44. The second kappa shape index (κ2) is 12.5. The highest BCUT2D eigenvalue weighted by Gasteiger charge is 2.37. The zero-order chi connectivity index (χ0) is 28.3. The molecule has 2 aromatic rings. The number of amides is 1. The van der Waals surface area contributed by atoms with Crippen molar-refractivity contribution in [1.29, 1.82) is 0 Å². The van der Waals surface area contributed by atoms with Gasteiger partial charge < -0.3 is 19.8 Å². The standard InChI is InChI=1S/C30H37ClN2O6S/c31-25-8-5-24-19-39-29-11-7-22-16-27(29)33(13-2-1-3-21(24)15-25)17-23-6-9-26(23)28(35)10-4-20(18-34)12-14-40(37,38)32-30(22)36/h4-5,7-8,10-11,15-16,20,23,26,28,34-35H,1-3,6,9,12-14,17-19H2,(H,32,36)/b10-4+/t20-,23+,26-,28+/m1/s1. The second-order valence-electron chi connectivity index (χ2n) is 11.1. The van der Waals surface area contributed by atoms with Gasteiger partial charge in [0.1, 0.15) is 12.4 Å². The van der Waals surface area contributed by atoms with E-state index in [1.165, 1.54) is 0 Å². The number of nitrogens with zero attached hydrogens (tertiary/aromatic N) is 1. The van der Waals surface area contributed by atoms with Gasteiger partial charge in [0.05, 0.1) is 17.5 Å². The van der Waals surface area contributed by atoms with E-state index < -0.39 is 28.0 Å². The average Bonchev–Trinajstić information content (AvgIpc) is 2.93. The Kier molecular flexibility index (Phi) is 9.05. The van der Waals surface area contributed by atoms with Crippen LogP contribution >= 0.6 is 11.6 Å². The maximum atomic E-state index is 13.1. The lowest BCUT2D eigenvalue weighted by molar-refractivity contribution is 0.0458. The maximum absolute atomic E-state index is 13.1. The molecule has 5 rings (SSSR count). The summed E-state index contributed by atoms with van der Waals surface area (Å²) in [5.74, 6) is -0.525. The Morgan fingerprint density at radius 1 is 1.05 bits per heavy atom. The quantitative estimate of drug-likeness (QED) is 0.430. The van der Waals surface area contributed by atoms with Crippen molar-refractivity contribution < 1.29 is 28.2 Å². The van der Waals surface area contributed by atoms with Crippen LogP contribution in [0.25, 0.3) is 0 Å². The number of anilines is 1. The molecule has 1 amide bonds. The third-order valence-corrected chi connectivity index (χ3v) is 9.93. The largest absolute Gasteiger partial charge is 0.487 e. The van der Waals surface area contributed by atoms with Crippen LogP contribution in [0.2, 0.25) is 5.02 Å². The van der Waals surface area contributed by atoms with Gasteiger partial charge in [-0.3, -0.25) is 4.79 Å². The number of aliphatic hydroxyl groups excluding tert-OH is 2. The molecule has 0 saturated heterocycles. The lowest BCUT2D eigenvalue weighted by Crippen LogP contribution is -2.43. The highest BCUT2D eigenvalue weighted by molar-refractivity contribution is 7.90. The molecule has 2 bridgehead atoms. The summed E-state index contributed by atoms with van der Waals surface area (Å²) in [4.78, 5) is 15.3. The fourth-order valence-corrected chi connectivity index (χ4v) is 7.16. The number of halogens is 1. The van der Waals surface area contributed by atoms with E-state index in [0.29, 0.717) is 23.9 Å². The zero-order valence-corrected chi connectivity index (χ0v) is 24.0. The van der Waals surface area contributed by atoms with Gasteiger partial charge in [0.25, 0.3) is 5.91 Å². The summed E-state index contributed by atoms with van der Waals surface area (Å²) in [5, 5.41) is 21.4. The number of rotatable bonds is 1. The van der Waals surface area contributed by atoms with Crippen molar-refractivity contribution in [3.8, 4) is 5.75 Å². The molecule has 0 aromatic heterocycles. The first-order valence-corrected chi connectivity index (χ1v) is 16.1. The molecule has 4 atom stereocenters. The first-order valence-electron chi connectivity index (χ1n) is 14.0. The second-order valence-corrected chi connectivity index (χ2v) is 13.4. The van der Waals surface area contributed by atoms with E-state index >= 15 is 0 Å². The Labute approximate surface area is 241 Å². The number of carbonyl (C=O) groups excluding carboxylic acids is 1. The average molecular weight is 589 g/mol. The van der Waals surface area contributed by atoms with E-state index in [2.05, 4.69) is 9.62 Å². The summed E-state index contributed by atoms with van der Waals surface area (Å²) in [5.41, 5.74) is 3.19. The molecule has 0 unspecified atom stereocenters. The molecule has 8 nitrogen and oxygen atoms in total. The lowest BCUT2D eigenvalue weighted by atomic mass is 9.70. The molecule has 1 fully saturated rings. The van der Waals surface area contributed by atoms with Crippen molar-refractivity contribution >= 4 is 33.2 Å².